The van der Waals surface area contributed by atoms with E-state index in [1.807, 2.05) is 19.1 Å². The number of anilines is 1. The Morgan fingerprint density at radius 1 is 1.61 bits per heavy atom. The van der Waals surface area contributed by atoms with Crippen LogP contribution in [0.1, 0.15) is 26.2 Å². The van der Waals surface area contributed by atoms with Gasteiger partial charge in [-0.1, -0.05) is 23.8 Å². The first-order valence-corrected chi connectivity index (χ1v) is 6.71. The predicted octanol–water partition coefficient (Wildman–Crippen LogP) is 2.68. The zero-order chi connectivity index (χ0) is 13.0. The fraction of sp³-hybridized carbons (Fsp3) is 0.538. The summed E-state index contributed by atoms with van der Waals surface area (Å²) in [7, 11) is 0. The lowest BCUT2D eigenvalue weighted by atomic mass is 10.3. The zero-order valence-electron chi connectivity index (χ0n) is 10.5. The van der Waals surface area contributed by atoms with Crippen molar-refractivity contribution in [2.24, 2.45) is 5.92 Å². The number of nitrogens with zero attached hydrogens (tertiary/aromatic N) is 2. The van der Waals surface area contributed by atoms with Crippen LogP contribution < -0.4 is 10.9 Å². The highest BCUT2D eigenvalue weighted by atomic mass is 35.5. The van der Waals surface area contributed by atoms with Crippen LogP contribution in [0, 0.1) is 5.92 Å². The molecule has 1 heterocycles. The molecule has 0 spiro atoms. The molecule has 1 aromatic rings. The van der Waals surface area contributed by atoms with Gasteiger partial charge in [0.25, 0.3) is 5.56 Å². The number of hydrogen-bond acceptors (Lipinski definition) is 3. The minimum absolute atomic E-state index is 0.116. The van der Waals surface area contributed by atoms with Crippen molar-refractivity contribution in [3.05, 3.63) is 33.7 Å². The van der Waals surface area contributed by atoms with Crippen LogP contribution in [-0.2, 0) is 6.54 Å². The first-order valence-electron chi connectivity index (χ1n) is 6.33. The molecule has 1 fully saturated rings. The zero-order valence-corrected chi connectivity index (χ0v) is 11.3. The molecule has 0 bridgehead atoms. The van der Waals surface area contributed by atoms with Gasteiger partial charge in [-0.15, -0.1) is 0 Å². The van der Waals surface area contributed by atoms with E-state index in [4.69, 9.17) is 11.6 Å². The van der Waals surface area contributed by atoms with E-state index < -0.39 is 0 Å². The summed E-state index contributed by atoms with van der Waals surface area (Å²) in [4.78, 5) is 12.2. The van der Waals surface area contributed by atoms with Gasteiger partial charge < -0.3 is 5.32 Å². The maximum Gasteiger partial charge on any atom is 0.291 e. The van der Waals surface area contributed by atoms with E-state index in [0.29, 0.717) is 29.7 Å². The quantitative estimate of drug-likeness (QED) is 0.637. The molecule has 0 saturated heterocycles. The van der Waals surface area contributed by atoms with Gasteiger partial charge in [-0.05, 0) is 32.1 Å². The largest absolute Gasteiger partial charge is 0.379 e. The molecule has 0 aromatic carbocycles. The summed E-state index contributed by atoms with van der Waals surface area (Å²) in [5.74, 6) is 0.618. The molecule has 1 aliphatic rings. The molecule has 1 N–H and O–H groups in total. The Morgan fingerprint density at radius 3 is 3.06 bits per heavy atom. The molecule has 0 atom stereocenters. The predicted molar refractivity (Wildman–Crippen MR) is 74.2 cm³/mol. The molecular formula is C13H18ClN3O. The lowest BCUT2D eigenvalue weighted by Gasteiger charge is -2.09. The Hall–Kier alpha value is -1.29. The van der Waals surface area contributed by atoms with E-state index in [-0.39, 0.29) is 5.56 Å². The van der Waals surface area contributed by atoms with E-state index in [9.17, 15) is 4.79 Å². The minimum Gasteiger partial charge on any atom is -0.379 e. The molecule has 2 rings (SSSR count). The van der Waals surface area contributed by atoms with Gasteiger partial charge in [-0.3, -0.25) is 4.79 Å². The van der Waals surface area contributed by atoms with Crippen LogP contribution in [0.2, 0.25) is 5.02 Å². The number of aromatic nitrogens is 2. The summed E-state index contributed by atoms with van der Waals surface area (Å²) >= 11 is 6.01. The van der Waals surface area contributed by atoms with E-state index >= 15 is 0 Å². The summed E-state index contributed by atoms with van der Waals surface area (Å²) in [6.45, 7) is 3.38. The maximum absolute atomic E-state index is 12.2. The fourth-order valence-electron chi connectivity index (χ4n) is 1.75. The van der Waals surface area contributed by atoms with Crippen molar-refractivity contribution in [2.45, 2.75) is 32.7 Å². The molecule has 18 heavy (non-hydrogen) atoms. The number of halogens is 1. The lowest BCUT2D eigenvalue weighted by Crippen LogP contribution is -2.27. The first-order chi connectivity index (χ1) is 8.72. The second-order valence-corrected chi connectivity index (χ2v) is 4.99. The molecule has 4 nitrogen and oxygen atoms in total. The third-order valence-corrected chi connectivity index (χ3v) is 3.26. The van der Waals surface area contributed by atoms with Crippen molar-refractivity contribution < 1.29 is 0 Å². The second-order valence-electron chi connectivity index (χ2n) is 4.58. The smallest absolute Gasteiger partial charge is 0.291 e. The summed E-state index contributed by atoms with van der Waals surface area (Å²) < 4.78 is 1.52. The lowest BCUT2D eigenvalue weighted by molar-refractivity contribution is 0.534. The minimum atomic E-state index is -0.116. The van der Waals surface area contributed by atoms with Crippen molar-refractivity contribution in [1.82, 2.24) is 9.78 Å². The van der Waals surface area contributed by atoms with E-state index in [0.717, 1.165) is 6.42 Å². The highest BCUT2D eigenvalue weighted by molar-refractivity contribution is 6.32. The average Bonchev–Trinajstić information content (AvgIpc) is 3.16. The molecule has 5 heteroatoms. The molecule has 0 amide bonds. The van der Waals surface area contributed by atoms with Gasteiger partial charge in [0, 0.05) is 13.1 Å². The molecule has 0 aliphatic heterocycles. The van der Waals surface area contributed by atoms with Crippen molar-refractivity contribution >= 4 is 17.3 Å². The van der Waals surface area contributed by atoms with Gasteiger partial charge >= 0.3 is 0 Å². The third kappa shape index (κ3) is 3.35. The van der Waals surface area contributed by atoms with Crippen LogP contribution in [0.4, 0.5) is 5.69 Å². The highest BCUT2D eigenvalue weighted by Crippen LogP contribution is 2.30. The number of hydrogen-bond donors (Lipinski definition) is 1. The highest BCUT2D eigenvalue weighted by Gasteiger charge is 2.23. The van der Waals surface area contributed by atoms with Crippen LogP contribution >= 0.6 is 11.6 Å². The Morgan fingerprint density at radius 2 is 2.39 bits per heavy atom. The molecule has 1 aromatic heterocycles. The standard InChI is InChI=1S/C13H18ClN3O/c1-2-3-4-7-15-12-11(14)8-16-17(13(12)18)9-10-5-6-10/h2-3,8,10,15H,4-7,9H2,1H3/b3-2+. The summed E-state index contributed by atoms with van der Waals surface area (Å²) in [5, 5.41) is 7.57. The molecule has 1 saturated carbocycles. The van der Waals surface area contributed by atoms with Gasteiger partial charge in [0.05, 0.1) is 11.2 Å². The number of allylic oxidation sites excluding steroid dienone is 1. The molecule has 98 valence electrons. The third-order valence-electron chi connectivity index (χ3n) is 2.97. The van der Waals surface area contributed by atoms with Crippen LogP contribution in [0.5, 0.6) is 0 Å². The van der Waals surface area contributed by atoms with Gasteiger partial charge in [0.2, 0.25) is 0 Å². The van der Waals surface area contributed by atoms with Crippen LogP contribution in [0.3, 0.4) is 0 Å². The molecule has 0 radical (unpaired) electrons. The molecular weight excluding hydrogens is 250 g/mol. The van der Waals surface area contributed by atoms with Gasteiger partial charge in [-0.25, -0.2) is 4.68 Å². The summed E-state index contributed by atoms with van der Waals surface area (Å²) in [6.07, 6.45) is 8.84. The van der Waals surface area contributed by atoms with Crippen molar-refractivity contribution in [3.63, 3.8) is 0 Å². The Bertz CT molecular complexity index is 491. The van der Waals surface area contributed by atoms with E-state index in [1.165, 1.54) is 17.5 Å². The van der Waals surface area contributed by atoms with Crippen molar-refractivity contribution in [1.29, 1.82) is 0 Å². The van der Waals surface area contributed by atoms with Crippen LogP contribution in [0.15, 0.2) is 23.1 Å². The Balaban J connectivity index is 2.08. The normalized spacial score (nSPS) is 15.2. The first kappa shape index (κ1) is 13.1. The monoisotopic (exact) mass is 267 g/mol. The van der Waals surface area contributed by atoms with Crippen LogP contribution in [0.25, 0.3) is 0 Å². The second kappa shape index (κ2) is 6.05. The van der Waals surface area contributed by atoms with Gasteiger partial charge in [-0.2, -0.15) is 5.10 Å². The van der Waals surface area contributed by atoms with Crippen LogP contribution in [-0.4, -0.2) is 16.3 Å². The summed E-state index contributed by atoms with van der Waals surface area (Å²) in [5.41, 5.74) is 0.353. The average molecular weight is 268 g/mol. The molecule has 1 aliphatic carbocycles. The number of nitrogens with one attached hydrogen (secondary N) is 1. The topological polar surface area (TPSA) is 46.9 Å². The molecule has 0 unspecified atom stereocenters. The van der Waals surface area contributed by atoms with Gasteiger partial charge in [0.15, 0.2) is 0 Å². The van der Waals surface area contributed by atoms with E-state index in [1.54, 1.807) is 6.20 Å². The van der Waals surface area contributed by atoms with Gasteiger partial charge in [0.1, 0.15) is 5.69 Å². The maximum atomic E-state index is 12.2. The Labute approximate surface area is 112 Å². The fourth-order valence-corrected chi connectivity index (χ4v) is 1.94. The SMILES string of the molecule is C/C=C/CCNc1c(Cl)cnn(CC2CC2)c1=O. The summed E-state index contributed by atoms with van der Waals surface area (Å²) in [6, 6.07) is 0. The van der Waals surface area contributed by atoms with E-state index in [2.05, 4.69) is 10.4 Å². The van der Waals surface area contributed by atoms with Crippen molar-refractivity contribution in [2.75, 3.05) is 11.9 Å². The van der Waals surface area contributed by atoms with Crippen molar-refractivity contribution in [3.8, 4) is 0 Å². The number of rotatable bonds is 6. The Kier molecular flexibility index (Phi) is 4.42.